The molecule has 1 fully saturated rings. The molecule has 1 amide bonds. The van der Waals surface area contributed by atoms with Crippen molar-refractivity contribution in [2.24, 2.45) is 0 Å². The number of carbonyl (C=O) groups is 1. The van der Waals surface area contributed by atoms with E-state index in [1.54, 1.807) is 13.0 Å². The highest BCUT2D eigenvalue weighted by molar-refractivity contribution is 7.89. The van der Waals surface area contributed by atoms with Gasteiger partial charge in [-0.15, -0.1) is 0 Å². The molecule has 1 heterocycles. The second kappa shape index (κ2) is 10.3. The summed E-state index contributed by atoms with van der Waals surface area (Å²) in [6.45, 7) is 13.0. The third kappa shape index (κ3) is 6.01. The molecule has 28 heavy (non-hydrogen) atoms. The Balaban J connectivity index is 1.82. The van der Waals surface area contributed by atoms with E-state index in [1.165, 1.54) is 13.1 Å². The Morgan fingerprint density at radius 1 is 1.07 bits per heavy atom. The van der Waals surface area contributed by atoms with Crippen LogP contribution in [-0.4, -0.2) is 77.0 Å². The number of amides is 1. The van der Waals surface area contributed by atoms with Crippen LogP contribution in [0.15, 0.2) is 17.0 Å². The number of nitrogens with zero attached hydrogens (tertiary/aromatic N) is 2. The Morgan fingerprint density at radius 2 is 1.71 bits per heavy atom. The number of rotatable bonds is 9. The van der Waals surface area contributed by atoms with Gasteiger partial charge >= 0.3 is 0 Å². The molecular weight excluding hydrogens is 376 g/mol. The first-order chi connectivity index (χ1) is 13.3. The number of piperazine rings is 1. The summed E-state index contributed by atoms with van der Waals surface area (Å²) in [5.74, 6) is -0.229. The lowest BCUT2D eigenvalue weighted by Gasteiger charge is -2.33. The van der Waals surface area contributed by atoms with Crippen molar-refractivity contribution >= 4 is 15.9 Å². The number of hydrogen-bond acceptors (Lipinski definition) is 5. The minimum absolute atomic E-state index is 0.159. The first-order valence-corrected chi connectivity index (χ1v) is 11.5. The molecule has 0 bridgehead atoms. The smallest absolute Gasteiger partial charge is 0.251 e. The van der Waals surface area contributed by atoms with Crippen LogP contribution in [0.25, 0.3) is 0 Å². The number of hydrogen-bond donors (Lipinski definition) is 2. The number of unbranched alkanes of at least 4 members (excludes halogenated alkanes) is 1. The van der Waals surface area contributed by atoms with Crippen LogP contribution in [-0.2, 0) is 10.0 Å². The lowest BCUT2D eigenvalue weighted by Crippen LogP contribution is -2.46. The van der Waals surface area contributed by atoms with Gasteiger partial charge in [-0.3, -0.25) is 4.79 Å². The molecule has 0 radical (unpaired) electrons. The highest BCUT2D eigenvalue weighted by Gasteiger charge is 2.19. The summed E-state index contributed by atoms with van der Waals surface area (Å²) in [6, 6.07) is 3.20. The van der Waals surface area contributed by atoms with Gasteiger partial charge in [-0.05, 0) is 70.1 Å². The lowest BCUT2D eigenvalue weighted by atomic mass is 10.1. The Kier molecular flexibility index (Phi) is 8.42. The predicted molar refractivity (Wildman–Crippen MR) is 112 cm³/mol. The van der Waals surface area contributed by atoms with Gasteiger partial charge in [0.25, 0.3) is 5.91 Å². The molecule has 1 aliphatic heterocycles. The quantitative estimate of drug-likeness (QED) is 0.601. The van der Waals surface area contributed by atoms with Crippen molar-refractivity contribution in [3.63, 3.8) is 0 Å². The Morgan fingerprint density at radius 3 is 2.32 bits per heavy atom. The van der Waals surface area contributed by atoms with E-state index < -0.39 is 10.0 Å². The molecule has 1 aromatic carbocycles. The molecule has 0 aliphatic carbocycles. The van der Waals surface area contributed by atoms with Crippen LogP contribution in [0.4, 0.5) is 0 Å². The van der Waals surface area contributed by atoms with Crippen LogP contribution in [0, 0.1) is 13.8 Å². The molecule has 1 aliphatic rings. The molecule has 1 saturated heterocycles. The van der Waals surface area contributed by atoms with E-state index in [1.807, 2.05) is 6.92 Å². The van der Waals surface area contributed by atoms with E-state index >= 15 is 0 Å². The summed E-state index contributed by atoms with van der Waals surface area (Å²) in [5.41, 5.74) is 1.83. The lowest BCUT2D eigenvalue weighted by molar-refractivity contribution is 0.0951. The molecule has 0 spiro atoms. The molecular formula is C20H34N4O3S. The first kappa shape index (κ1) is 22.8. The SMILES string of the molecule is CCN1CCN(CCCCNC(=O)c2cc(C)c(C)c(S(=O)(=O)NC)c2)CC1. The number of likely N-dealkylation sites (N-methyl/N-ethyl adjacent to an activating group) is 1. The molecule has 0 unspecified atom stereocenters. The monoisotopic (exact) mass is 410 g/mol. The number of nitrogens with one attached hydrogen (secondary N) is 2. The van der Waals surface area contributed by atoms with Crippen molar-refractivity contribution in [1.29, 1.82) is 0 Å². The fourth-order valence-electron chi connectivity index (χ4n) is 3.44. The summed E-state index contributed by atoms with van der Waals surface area (Å²) in [4.78, 5) is 17.6. The highest BCUT2D eigenvalue weighted by atomic mass is 32.2. The maximum atomic E-state index is 12.5. The van der Waals surface area contributed by atoms with Crippen LogP contribution < -0.4 is 10.0 Å². The normalized spacial score (nSPS) is 16.3. The van der Waals surface area contributed by atoms with Crippen molar-refractivity contribution in [2.45, 2.75) is 38.5 Å². The predicted octanol–water partition coefficient (Wildman–Crippen LogP) is 1.36. The molecule has 2 N–H and O–H groups in total. The molecule has 0 aromatic heterocycles. The van der Waals surface area contributed by atoms with Gasteiger partial charge < -0.3 is 15.1 Å². The molecule has 7 nitrogen and oxygen atoms in total. The van der Waals surface area contributed by atoms with Crippen LogP contribution in [0.1, 0.15) is 41.3 Å². The van der Waals surface area contributed by atoms with Gasteiger partial charge in [-0.2, -0.15) is 0 Å². The largest absolute Gasteiger partial charge is 0.352 e. The fourth-order valence-corrected chi connectivity index (χ4v) is 4.51. The van der Waals surface area contributed by atoms with Crippen molar-refractivity contribution in [1.82, 2.24) is 19.8 Å². The second-order valence-electron chi connectivity index (χ2n) is 7.36. The van der Waals surface area contributed by atoms with Crippen LogP contribution in [0.3, 0.4) is 0 Å². The topological polar surface area (TPSA) is 81.8 Å². The van der Waals surface area contributed by atoms with Crippen LogP contribution in [0.5, 0.6) is 0 Å². The van der Waals surface area contributed by atoms with Gasteiger partial charge in [-0.1, -0.05) is 6.92 Å². The minimum atomic E-state index is -3.59. The van der Waals surface area contributed by atoms with Crippen molar-refractivity contribution in [2.75, 3.05) is 52.9 Å². The molecule has 158 valence electrons. The highest BCUT2D eigenvalue weighted by Crippen LogP contribution is 2.21. The molecule has 8 heteroatoms. The number of sulfonamides is 1. The Bertz CT molecular complexity index is 772. The number of carbonyl (C=O) groups excluding carboxylic acids is 1. The van der Waals surface area contributed by atoms with E-state index in [0.29, 0.717) is 17.7 Å². The van der Waals surface area contributed by atoms with E-state index in [0.717, 1.165) is 57.7 Å². The third-order valence-electron chi connectivity index (χ3n) is 5.54. The maximum Gasteiger partial charge on any atom is 0.251 e. The van der Waals surface area contributed by atoms with Gasteiger partial charge in [0.05, 0.1) is 4.90 Å². The van der Waals surface area contributed by atoms with Gasteiger partial charge in [0.15, 0.2) is 0 Å². The second-order valence-corrected chi connectivity index (χ2v) is 9.22. The van der Waals surface area contributed by atoms with Crippen LogP contribution in [0.2, 0.25) is 0 Å². The zero-order chi connectivity index (χ0) is 20.7. The summed E-state index contributed by atoms with van der Waals surface area (Å²) in [7, 11) is -2.22. The van der Waals surface area contributed by atoms with Crippen LogP contribution >= 0.6 is 0 Å². The van der Waals surface area contributed by atoms with Crippen molar-refractivity contribution in [3.05, 3.63) is 28.8 Å². The maximum absolute atomic E-state index is 12.5. The molecule has 0 atom stereocenters. The van der Waals surface area contributed by atoms with Gasteiger partial charge in [0.2, 0.25) is 10.0 Å². The molecule has 0 saturated carbocycles. The summed E-state index contributed by atoms with van der Waals surface area (Å²) < 4.78 is 26.7. The number of benzene rings is 1. The number of aryl methyl sites for hydroxylation is 1. The van der Waals surface area contributed by atoms with Crippen molar-refractivity contribution in [3.8, 4) is 0 Å². The summed E-state index contributed by atoms with van der Waals surface area (Å²) in [5, 5.41) is 2.92. The van der Waals surface area contributed by atoms with Gasteiger partial charge in [0, 0.05) is 38.3 Å². The zero-order valence-electron chi connectivity index (χ0n) is 17.5. The Hall–Kier alpha value is -1.48. The molecule has 2 rings (SSSR count). The van der Waals surface area contributed by atoms with E-state index in [2.05, 4.69) is 26.8 Å². The Labute approximate surface area is 169 Å². The zero-order valence-corrected chi connectivity index (χ0v) is 18.4. The standard InChI is InChI=1S/C20H34N4O3S/c1-5-23-10-12-24(13-11-23)9-7-6-8-22-20(25)18-14-16(2)17(3)19(15-18)28(26,27)21-4/h14-15,21H,5-13H2,1-4H3,(H,22,25). The average Bonchev–Trinajstić information content (AvgIpc) is 2.69. The third-order valence-corrected chi connectivity index (χ3v) is 7.08. The van der Waals surface area contributed by atoms with E-state index in [9.17, 15) is 13.2 Å². The summed E-state index contributed by atoms with van der Waals surface area (Å²) in [6.07, 6.45) is 1.95. The first-order valence-electron chi connectivity index (χ1n) is 10.1. The van der Waals surface area contributed by atoms with E-state index in [-0.39, 0.29) is 10.8 Å². The van der Waals surface area contributed by atoms with Gasteiger partial charge in [0.1, 0.15) is 0 Å². The fraction of sp³-hybridized carbons (Fsp3) is 0.650. The molecule has 1 aromatic rings. The summed E-state index contributed by atoms with van der Waals surface area (Å²) >= 11 is 0. The average molecular weight is 411 g/mol. The minimum Gasteiger partial charge on any atom is -0.352 e. The van der Waals surface area contributed by atoms with Gasteiger partial charge in [-0.25, -0.2) is 13.1 Å². The van der Waals surface area contributed by atoms with Crippen molar-refractivity contribution < 1.29 is 13.2 Å². The van der Waals surface area contributed by atoms with E-state index in [4.69, 9.17) is 0 Å².